The zero-order valence-corrected chi connectivity index (χ0v) is 15.6. The first kappa shape index (κ1) is 18.5. The van der Waals surface area contributed by atoms with Crippen LogP contribution >= 0.6 is 0 Å². The number of carbonyl (C=O) groups excluding carboxylic acids is 1. The van der Waals surface area contributed by atoms with Crippen molar-refractivity contribution in [3.8, 4) is 5.75 Å². The molecule has 0 spiro atoms. The molecule has 1 aliphatic carbocycles. The maximum Gasteiger partial charge on any atom is 0.257 e. The van der Waals surface area contributed by atoms with Gasteiger partial charge in [0.05, 0.1) is 18.7 Å². The van der Waals surface area contributed by atoms with Crippen molar-refractivity contribution in [2.24, 2.45) is 5.73 Å². The van der Waals surface area contributed by atoms with Crippen molar-refractivity contribution in [2.75, 3.05) is 20.2 Å². The number of amides is 1. The number of ether oxygens (including phenoxy) is 1. The van der Waals surface area contributed by atoms with Gasteiger partial charge in [0.15, 0.2) is 0 Å². The van der Waals surface area contributed by atoms with Gasteiger partial charge in [-0.2, -0.15) is 0 Å². The zero-order valence-electron chi connectivity index (χ0n) is 15.6. The second kappa shape index (κ2) is 8.36. The highest BCUT2D eigenvalue weighted by atomic mass is 16.5. The van der Waals surface area contributed by atoms with Gasteiger partial charge in [0.1, 0.15) is 17.2 Å². The van der Waals surface area contributed by atoms with E-state index < -0.39 is 0 Å². The van der Waals surface area contributed by atoms with Crippen LogP contribution in [0, 0.1) is 6.92 Å². The molecule has 26 heavy (non-hydrogen) atoms. The molecular weight excluding hydrogens is 330 g/mol. The summed E-state index contributed by atoms with van der Waals surface area (Å²) >= 11 is 0. The van der Waals surface area contributed by atoms with Gasteiger partial charge in [-0.3, -0.25) is 4.79 Å². The van der Waals surface area contributed by atoms with Gasteiger partial charge < -0.3 is 19.9 Å². The molecule has 0 saturated carbocycles. The van der Waals surface area contributed by atoms with Crippen LogP contribution in [0.25, 0.3) is 0 Å². The number of carbonyl (C=O) groups is 1. The molecule has 2 N–H and O–H groups in total. The van der Waals surface area contributed by atoms with Gasteiger partial charge in [0.2, 0.25) is 0 Å². The van der Waals surface area contributed by atoms with Crippen molar-refractivity contribution >= 4 is 5.91 Å². The minimum atomic E-state index is -0.0830. The lowest BCUT2D eigenvalue weighted by Crippen LogP contribution is -2.27. The second-order valence-electron chi connectivity index (χ2n) is 6.89. The predicted octanol–water partition coefficient (Wildman–Crippen LogP) is 2.86. The molecule has 1 aromatic heterocycles. The molecule has 1 amide bonds. The van der Waals surface area contributed by atoms with Crippen molar-refractivity contribution in [1.29, 1.82) is 0 Å². The van der Waals surface area contributed by atoms with Gasteiger partial charge in [0, 0.05) is 19.0 Å². The highest BCUT2D eigenvalue weighted by Gasteiger charge is 2.23. The summed E-state index contributed by atoms with van der Waals surface area (Å²) in [5, 5.41) is 4.20. The Morgan fingerprint density at radius 1 is 1.35 bits per heavy atom. The zero-order chi connectivity index (χ0) is 18.5. The van der Waals surface area contributed by atoms with Crippen LogP contribution in [0.1, 0.15) is 52.2 Å². The van der Waals surface area contributed by atoms with E-state index in [1.54, 1.807) is 11.9 Å². The average Bonchev–Trinajstić information content (AvgIpc) is 3.04. The molecule has 6 heteroatoms. The number of aryl methyl sites for hydroxylation is 2. The minimum absolute atomic E-state index is 0.0830. The lowest BCUT2D eigenvalue weighted by Gasteiger charge is -2.19. The third kappa shape index (κ3) is 4.07. The number of nitrogens with two attached hydrogens (primary N) is 1. The van der Waals surface area contributed by atoms with Crippen LogP contribution in [0.2, 0.25) is 0 Å². The van der Waals surface area contributed by atoms with E-state index in [1.807, 2.05) is 25.1 Å². The fourth-order valence-corrected chi connectivity index (χ4v) is 3.27. The third-order valence-electron chi connectivity index (χ3n) is 4.74. The van der Waals surface area contributed by atoms with Crippen LogP contribution in [0.5, 0.6) is 5.75 Å². The van der Waals surface area contributed by atoms with E-state index in [1.165, 1.54) is 5.56 Å². The number of hydrogen-bond donors (Lipinski definition) is 1. The minimum Gasteiger partial charge on any atom is -0.493 e. The molecule has 1 heterocycles. The molecule has 0 unspecified atom stereocenters. The lowest BCUT2D eigenvalue weighted by atomic mass is 9.96. The van der Waals surface area contributed by atoms with Crippen LogP contribution in [-0.2, 0) is 19.4 Å². The SMILES string of the molecule is Cc1ccc(C(=O)N(C)Cc2noc3c2CCCC3)c(OCCCN)c1. The summed E-state index contributed by atoms with van der Waals surface area (Å²) in [6.07, 6.45) is 4.97. The average molecular weight is 357 g/mol. The molecule has 6 nitrogen and oxygen atoms in total. The number of fused-ring (bicyclic) bond motifs is 1. The molecule has 0 bridgehead atoms. The van der Waals surface area contributed by atoms with Gasteiger partial charge in [0.25, 0.3) is 5.91 Å². The summed E-state index contributed by atoms with van der Waals surface area (Å²) in [5.74, 6) is 1.51. The summed E-state index contributed by atoms with van der Waals surface area (Å²) in [4.78, 5) is 14.6. The molecule has 0 aliphatic heterocycles. The van der Waals surface area contributed by atoms with E-state index in [0.717, 1.165) is 49.1 Å². The van der Waals surface area contributed by atoms with E-state index in [0.29, 0.717) is 31.0 Å². The van der Waals surface area contributed by atoms with Gasteiger partial charge in [-0.1, -0.05) is 11.2 Å². The first-order valence-corrected chi connectivity index (χ1v) is 9.25. The Hall–Kier alpha value is -2.34. The highest BCUT2D eigenvalue weighted by Crippen LogP contribution is 2.26. The number of nitrogens with zero attached hydrogens (tertiary/aromatic N) is 2. The van der Waals surface area contributed by atoms with Crippen LogP contribution in [0.4, 0.5) is 0 Å². The fraction of sp³-hybridized carbons (Fsp3) is 0.500. The molecule has 0 atom stereocenters. The number of rotatable bonds is 7. The highest BCUT2D eigenvalue weighted by molar-refractivity contribution is 5.96. The first-order chi connectivity index (χ1) is 12.6. The molecule has 140 valence electrons. The van der Waals surface area contributed by atoms with Crippen molar-refractivity contribution in [3.05, 3.63) is 46.3 Å². The van der Waals surface area contributed by atoms with E-state index >= 15 is 0 Å². The van der Waals surface area contributed by atoms with E-state index in [-0.39, 0.29) is 5.91 Å². The van der Waals surface area contributed by atoms with Gasteiger partial charge in [-0.05, 0) is 56.8 Å². The third-order valence-corrected chi connectivity index (χ3v) is 4.74. The predicted molar refractivity (Wildman–Crippen MR) is 99.3 cm³/mol. The normalized spacial score (nSPS) is 13.3. The van der Waals surface area contributed by atoms with Crippen LogP contribution < -0.4 is 10.5 Å². The van der Waals surface area contributed by atoms with Crippen LogP contribution in [0.15, 0.2) is 22.7 Å². The van der Waals surface area contributed by atoms with Crippen LogP contribution in [0.3, 0.4) is 0 Å². The van der Waals surface area contributed by atoms with Gasteiger partial charge in [-0.15, -0.1) is 0 Å². The summed E-state index contributed by atoms with van der Waals surface area (Å²) in [6, 6.07) is 5.65. The Morgan fingerprint density at radius 3 is 2.96 bits per heavy atom. The lowest BCUT2D eigenvalue weighted by molar-refractivity contribution is 0.0777. The summed E-state index contributed by atoms with van der Waals surface area (Å²) in [6.45, 7) is 3.48. The van der Waals surface area contributed by atoms with E-state index in [9.17, 15) is 4.79 Å². The maximum absolute atomic E-state index is 13.0. The number of aromatic nitrogens is 1. The molecule has 0 radical (unpaired) electrons. The summed E-state index contributed by atoms with van der Waals surface area (Å²) in [7, 11) is 1.79. The van der Waals surface area contributed by atoms with E-state index in [2.05, 4.69) is 5.16 Å². The summed E-state index contributed by atoms with van der Waals surface area (Å²) < 4.78 is 11.2. The van der Waals surface area contributed by atoms with Crippen LogP contribution in [-0.4, -0.2) is 36.2 Å². The molecule has 2 aromatic rings. The molecule has 3 rings (SSSR count). The first-order valence-electron chi connectivity index (χ1n) is 9.25. The second-order valence-corrected chi connectivity index (χ2v) is 6.89. The maximum atomic E-state index is 13.0. The Balaban J connectivity index is 1.75. The smallest absolute Gasteiger partial charge is 0.257 e. The Labute approximate surface area is 154 Å². The van der Waals surface area contributed by atoms with Gasteiger partial charge in [-0.25, -0.2) is 0 Å². The van der Waals surface area contributed by atoms with Crippen molar-refractivity contribution in [1.82, 2.24) is 10.1 Å². The summed E-state index contributed by atoms with van der Waals surface area (Å²) in [5.41, 5.74) is 9.19. The topological polar surface area (TPSA) is 81.6 Å². The van der Waals surface area contributed by atoms with E-state index in [4.69, 9.17) is 15.0 Å². The van der Waals surface area contributed by atoms with Crippen molar-refractivity contribution in [3.63, 3.8) is 0 Å². The Kier molecular flexibility index (Phi) is 5.93. The molecule has 1 aliphatic rings. The Bertz CT molecular complexity index is 770. The van der Waals surface area contributed by atoms with Crippen molar-refractivity contribution in [2.45, 2.75) is 45.6 Å². The fourth-order valence-electron chi connectivity index (χ4n) is 3.27. The quantitative estimate of drug-likeness (QED) is 0.771. The number of benzene rings is 1. The van der Waals surface area contributed by atoms with Gasteiger partial charge >= 0.3 is 0 Å². The number of hydrogen-bond acceptors (Lipinski definition) is 5. The molecular formula is C20H27N3O3. The standard InChI is InChI=1S/C20H27N3O3/c1-14-8-9-16(19(12-14)25-11-5-10-21)20(24)23(2)13-17-15-6-3-4-7-18(15)26-22-17/h8-9,12H,3-7,10-11,13,21H2,1-2H3. The molecule has 0 saturated heterocycles. The monoisotopic (exact) mass is 357 g/mol. The largest absolute Gasteiger partial charge is 0.493 e. The Morgan fingerprint density at radius 2 is 2.15 bits per heavy atom. The molecule has 1 aromatic carbocycles. The van der Waals surface area contributed by atoms with Crippen molar-refractivity contribution < 1.29 is 14.1 Å². The molecule has 0 fully saturated rings.